The van der Waals surface area contributed by atoms with Crippen LogP contribution in [0.3, 0.4) is 0 Å². The SMILES string of the molecule is CC(=O)NC(C)COC1CCc2nc(-c3ccc(OCC4CC4)c(P)c3)oc2C1. The summed E-state index contributed by atoms with van der Waals surface area (Å²) in [5, 5.41) is 3.86. The minimum atomic E-state index is -0.0377. The maximum Gasteiger partial charge on any atom is 0.226 e. The van der Waals surface area contributed by atoms with Gasteiger partial charge in [-0.05, 0) is 56.7 Å². The molecular weight excluding hydrogens is 387 g/mol. The van der Waals surface area contributed by atoms with Crippen LogP contribution >= 0.6 is 9.24 Å². The van der Waals surface area contributed by atoms with Crippen molar-refractivity contribution in [1.82, 2.24) is 10.3 Å². The van der Waals surface area contributed by atoms with Crippen LogP contribution in [0.15, 0.2) is 22.6 Å². The molecule has 0 saturated heterocycles. The van der Waals surface area contributed by atoms with E-state index in [1.807, 2.05) is 25.1 Å². The summed E-state index contributed by atoms with van der Waals surface area (Å²) in [5.41, 5.74) is 1.98. The molecule has 156 valence electrons. The summed E-state index contributed by atoms with van der Waals surface area (Å²) in [6, 6.07) is 6.06. The zero-order chi connectivity index (χ0) is 20.4. The van der Waals surface area contributed by atoms with Crippen molar-refractivity contribution in [2.45, 2.75) is 58.1 Å². The van der Waals surface area contributed by atoms with E-state index in [2.05, 4.69) is 14.6 Å². The lowest BCUT2D eigenvalue weighted by molar-refractivity contribution is -0.120. The fourth-order valence-electron chi connectivity index (χ4n) is 3.58. The van der Waals surface area contributed by atoms with E-state index in [1.165, 1.54) is 19.8 Å². The molecule has 7 heteroatoms. The first-order chi connectivity index (χ1) is 14.0. The number of amides is 1. The molecular formula is C22H29N2O4P. The summed E-state index contributed by atoms with van der Waals surface area (Å²) in [6.07, 6.45) is 5.12. The molecule has 0 aliphatic heterocycles. The second-order valence-electron chi connectivity index (χ2n) is 8.20. The van der Waals surface area contributed by atoms with Crippen LogP contribution in [0.2, 0.25) is 0 Å². The number of carbonyl (C=O) groups excluding carboxylic acids is 1. The molecule has 29 heavy (non-hydrogen) atoms. The van der Waals surface area contributed by atoms with Crippen molar-refractivity contribution >= 4 is 20.5 Å². The Hall–Kier alpha value is -1.91. The highest BCUT2D eigenvalue weighted by atomic mass is 31.0. The third-order valence-corrected chi connectivity index (χ3v) is 5.81. The number of hydrogen-bond donors (Lipinski definition) is 1. The molecule has 1 aromatic carbocycles. The lowest BCUT2D eigenvalue weighted by Gasteiger charge is -2.23. The van der Waals surface area contributed by atoms with Gasteiger partial charge in [0.1, 0.15) is 11.5 Å². The number of aryl methyl sites for hydroxylation is 1. The van der Waals surface area contributed by atoms with E-state index in [4.69, 9.17) is 18.9 Å². The number of nitrogens with one attached hydrogen (secondary N) is 1. The van der Waals surface area contributed by atoms with Crippen molar-refractivity contribution in [2.24, 2.45) is 5.92 Å². The van der Waals surface area contributed by atoms with Crippen LogP contribution in [0, 0.1) is 5.92 Å². The van der Waals surface area contributed by atoms with Crippen LogP contribution in [0.5, 0.6) is 5.75 Å². The van der Waals surface area contributed by atoms with Crippen LogP contribution in [0.4, 0.5) is 0 Å². The molecule has 0 bridgehead atoms. The highest BCUT2D eigenvalue weighted by Crippen LogP contribution is 2.31. The van der Waals surface area contributed by atoms with Gasteiger partial charge < -0.3 is 19.2 Å². The Kier molecular flexibility index (Phi) is 6.21. The summed E-state index contributed by atoms with van der Waals surface area (Å²) < 4.78 is 18.0. The van der Waals surface area contributed by atoms with Gasteiger partial charge in [0, 0.05) is 30.3 Å². The molecule has 1 fully saturated rings. The normalized spacial score (nSPS) is 19.5. The first-order valence-corrected chi connectivity index (χ1v) is 11.0. The third-order valence-electron chi connectivity index (χ3n) is 5.35. The van der Waals surface area contributed by atoms with Crippen molar-refractivity contribution in [3.8, 4) is 17.2 Å². The number of fused-ring (bicyclic) bond motifs is 1. The largest absolute Gasteiger partial charge is 0.493 e. The Morgan fingerprint density at radius 3 is 2.93 bits per heavy atom. The van der Waals surface area contributed by atoms with Gasteiger partial charge in [0.05, 0.1) is 25.0 Å². The molecule has 2 aromatic rings. The highest BCUT2D eigenvalue weighted by Gasteiger charge is 2.26. The van der Waals surface area contributed by atoms with Gasteiger partial charge in [-0.1, -0.05) is 0 Å². The average molecular weight is 416 g/mol. The Morgan fingerprint density at radius 2 is 2.21 bits per heavy atom. The maximum absolute atomic E-state index is 11.1. The van der Waals surface area contributed by atoms with Gasteiger partial charge in [-0.2, -0.15) is 0 Å². The van der Waals surface area contributed by atoms with Gasteiger partial charge in [-0.25, -0.2) is 4.98 Å². The molecule has 1 amide bonds. The number of oxazole rings is 1. The molecule has 6 nitrogen and oxygen atoms in total. The van der Waals surface area contributed by atoms with E-state index in [-0.39, 0.29) is 18.1 Å². The number of ether oxygens (including phenoxy) is 2. The summed E-state index contributed by atoms with van der Waals surface area (Å²) in [4.78, 5) is 15.8. The Labute approximate surface area is 174 Å². The van der Waals surface area contributed by atoms with E-state index >= 15 is 0 Å². The molecule has 2 aliphatic rings. The van der Waals surface area contributed by atoms with E-state index < -0.39 is 0 Å². The molecule has 3 atom stereocenters. The predicted molar refractivity (Wildman–Crippen MR) is 115 cm³/mol. The van der Waals surface area contributed by atoms with Crippen molar-refractivity contribution in [3.63, 3.8) is 0 Å². The Balaban J connectivity index is 1.37. The number of hydrogen-bond acceptors (Lipinski definition) is 5. The molecule has 0 spiro atoms. The second kappa shape index (κ2) is 8.85. The van der Waals surface area contributed by atoms with Crippen molar-refractivity contribution in [3.05, 3.63) is 29.7 Å². The molecule has 0 radical (unpaired) electrons. The van der Waals surface area contributed by atoms with E-state index in [0.29, 0.717) is 18.9 Å². The zero-order valence-electron chi connectivity index (χ0n) is 17.1. The number of carbonyl (C=O) groups is 1. The van der Waals surface area contributed by atoms with E-state index in [0.717, 1.165) is 53.4 Å². The average Bonchev–Trinajstić information content (AvgIpc) is 3.41. The summed E-state index contributed by atoms with van der Waals surface area (Å²) in [7, 11) is 2.75. The molecule has 1 N–H and O–H groups in total. The molecule has 1 aromatic heterocycles. The van der Waals surface area contributed by atoms with Crippen LogP contribution in [-0.2, 0) is 22.4 Å². The summed E-state index contributed by atoms with van der Waals surface area (Å²) in [5.74, 6) is 3.16. The standard InChI is InChI=1S/C22H29N2O4P/c1-13(23-14(2)25)11-26-17-6-7-18-20(10-17)28-22(24-18)16-5-8-19(21(29)9-16)27-12-15-3-4-15/h5,8-9,13,15,17H,3-4,6-7,10-12,29H2,1-2H3,(H,23,25). The fraction of sp³-hybridized carbons (Fsp3) is 0.545. The fourth-order valence-corrected chi connectivity index (χ4v) is 3.94. The van der Waals surface area contributed by atoms with Crippen LogP contribution in [0.25, 0.3) is 11.5 Å². The molecule has 3 unspecified atom stereocenters. The van der Waals surface area contributed by atoms with E-state index in [9.17, 15) is 4.79 Å². The molecule has 1 heterocycles. The second-order valence-corrected chi connectivity index (χ2v) is 8.82. The first kappa shape index (κ1) is 20.4. The molecule has 2 aliphatic carbocycles. The summed E-state index contributed by atoms with van der Waals surface area (Å²) >= 11 is 0. The van der Waals surface area contributed by atoms with Gasteiger partial charge >= 0.3 is 0 Å². The highest BCUT2D eigenvalue weighted by molar-refractivity contribution is 7.27. The number of nitrogens with zero attached hydrogens (tertiary/aromatic N) is 1. The van der Waals surface area contributed by atoms with Crippen LogP contribution < -0.4 is 15.4 Å². The van der Waals surface area contributed by atoms with Gasteiger partial charge in [-0.15, -0.1) is 9.24 Å². The zero-order valence-corrected chi connectivity index (χ0v) is 18.2. The minimum absolute atomic E-state index is 0.000284. The smallest absolute Gasteiger partial charge is 0.226 e. The van der Waals surface area contributed by atoms with Crippen molar-refractivity contribution in [2.75, 3.05) is 13.2 Å². The quantitative estimate of drug-likeness (QED) is 0.670. The van der Waals surface area contributed by atoms with Gasteiger partial charge in [0.2, 0.25) is 11.8 Å². The molecule has 4 rings (SSSR count). The Morgan fingerprint density at radius 1 is 1.38 bits per heavy atom. The molecule has 1 saturated carbocycles. The van der Waals surface area contributed by atoms with Crippen molar-refractivity contribution < 1.29 is 18.7 Å². The maximum atomic E-state index is 11.1. The van der Waals surface area contributed by atoms with Gasteiger partial charge in [-0.3, -0.25) is 4.79 Å². The lowest BCUT2D eigenvalue weighted by Crippen LogP contribution is -2.36. The topological polar surface area (TPSA) is 73.6 Å². The van der Waals surface area contributed by atoms with Gasteiger partial charge in [0.25, 0.3) is 0 Å². The Bertz CT molecular complexity index is 878. The number of benzene rings is 1. The monoisotopic (exact) mass is 416 g/mol. The van der Waals surface area contributed by atoms with Crippen molar-refractivity contribution in [1.29, 1.82) is 0 Å². The van der Waals surface area contributed by atoms with Crippen LogP contribution in [-0.4, -0.2) is 36.3 Å². The van der Waals surface area contributed by atoms with Gasteiger partial charge in [0.15, 0.2) is 0 Å². The lowest BCUT2D eigenvalue weighted by atomic mass is 9.99. The summed E-state index contributed by atoms with van der Waals surface area (Å²) in [6.45, 7) is 4.77. The number of aromatic nitrogens is 1. The minimum Gasteiger partial charge on any atom is -0.493 e. The first-order valence-electron chi connectivity index (χ1n) is 10.4. The predicted octanol–water partition coefficient (Wildman–Crippen LogP) is 3.03. The number of rotatable bonds is 8. The third kappa shape index (κ3) is 5.37. The van der Waals surface area contributed by atoms with E-state index in [1.54, 1.807) is 0 Å². The van der Waals surface area contributed by atoms with Crippen LogP contribution in [0.1, 0.15) is 44.6 Å².